The molecule has 0 aliphatic heterocycles. The number of nitrogens with zero attached hydrogens (tertiary/aromatic N) is 5. The van der Waals surface area contributed by atoms with Crippen molar-refractivity contribution in [1.82, 2.24) is 30.1 Å². The van der Waals surface area contributed by atoms with Crippen molar-refractivity contribution in [3.05, 3.63) is 48.1 Å². The number of hydrogen-bond acceptors (Lipinski definition) is 8. The Morgan fingerprint density at radius 3 is 2.74 bits per heavy atom. The Balaban J connectivity index is 1.48. The van der Waals surface area contributed by atoms with Crippen LogP contribution in [-0.2, 0) is 9.59 Å². The number of rotatable bonds is 12. The number of halogens is 1. The first kappa shape index (κ1) is 28.5. The van der Waals surface area contributed by atoms with Gasteiger partial charge in [0.15, 0.2) is 0 Å². The molecular weight excluding hydrogens is 487 g/mol. The van der Waals surface area contributed by atoms with E-state index in [1.807, 2.05) is 19.0 Å². The number of pyridine rings is 1. The van der Waals surface area contributed by atoms with Crippen LogP contribution in [0.15, 0.2) is 36.5 Å². The summed E-state index contributed by atoms with van der Waals surface area (Å²) in [5.41, 5.74) is 0.662. The molecule has 11 heteroatoms. The molecule has 2 heterocycles. The Morgan fingerprint density at radius 1 is 1.24 bits per heavy atom. The smallest absolute Gasteiger partial charge is 0.246 e. The van der Waals surface area contributed by atoms with Crippen LogP contribution in [0.2, 0.25) is 0 Å². The summed E-state index contributed by atoms with van der Waals surface area (Å²) in [6.45, 7) is 2.80. The second-order valence-electron chi connectivity index (χ2n) is 9.33. The summed E-state index contributed by atoms with van der Waals surface area (Å²) in [5, 5.41) is 9.12. The fourth-order valence-corrected chi connectivity index (χ4v) is 3.20. The highest BCUT2D eigenvalue weighted by atomic mass is 19.1. The van der Waals surface area contributed by atoms with Crippen molar-refractivity contribution in [3.63, 3.8) is 0 Å². The topological polar surface area (TPSA) is 115 Å². The summed E-state index contributed by atoms with van der Waals surface area (Å²) in [6, 6.07) is 4.23. The van der Waals surface area contributed by atoms with E-state index in [4.69, 9.17) is 0 Å². The molecule has 1 fully saturated rings. The number of unbranched alkanes of at least 4 members (excludes halogenated alkanes) is 1. The highest BCUT2D eigenvalue weighted by molar-refractivity contribution is 5.92. The molecule has 1 aliphatic rings. The van der Waals surface area contributed by atoms with Crippen molar-refractivity contribution in [2.75, 3.05) is 44.9 Å². The minimum atomic E-state index is -0.590. The number of nitrogens with one attached hydrogen (secondary N) is 3. The average Bonchev–Trinajstić information content (AvgIpc) is 3.70. The van der Waals surface area contributed by atoms with Gasteiger partial charge >= 0.3 is 0 Å². The maximum absolute atomic E-state index is 13.4. The van der Waals surface area contributed by atoms with Crippen molar-refractivity contribution in [3.8, 4) is 11.8 Å². The Hall–Kier alpha value is -4.04. The summed E-state index contributed by atoms with van der Waals surface area (Å²) >= 11 is 0. The normalized spacial score (nSPS) is 13.5. The van der Waals surface area contributed by atoms with E-state index in [2.05, 4.69) is 42.7 Å². The van der Waals surface area contributed by atoms with E-state index in [9.17, 15) is 14.0 Å². The standard InChI is InChI=1S/C27H35FN8O2/c1-19(36(4)24(37)13-9-17-35(2)3)26(38)29-16-7-5-6-10-20-18-30-27(34-25(20)31-21-14-15-21)33-23-12-8-11-22(28)32-23/h8-9,11-13,18-19,21H,5,7,14-17H2,1-4H3,(H,29,38)(H2,30,31,32,33,34)/t19-/m0/s1. The number of anilines is 3. The van der Waals surface area contributed by atoms with Crippen LogP contribution in [0.5, 0.6) is 0 Å². The van der Waals surface area contributed by atoms with Gasteiger partial charge < -0.3 is 25.8 Å². The van der Waals surface area contributed by atoms with Crippen LogP contribution in [0.4, 0.5) is 22.0 Å². The Labute approximate surface area is 223 Å². The number of amides is 2. The summed E-state index contributed by atoms with van der Waals surface area (Å²) in [7, 11) is 5.45. The van der Waals surface area contributed by atoms with E-state index in [1.54, 1.807) is 38.4 Å². The fourth-order valence-electron chi connectivity index (χ4n) is 3.20. The first-order valence-corrected chi connectivity index (χ1v) is 12.6. The van der Waals surface area contributed by atoms with Gasteiger partial charge in [-0.25, -0.2) is 9.97 Å². The maximum atomic E-state index is 13.4. The molecule has 0 radical (unpaired) electrons. The first-order chi connectivity index (χ1) is 18.2. The van der Waals surface area contributed by atoms with E-state index in [1.165, 1.54) is 17.0 Å². The summed E-state index contributed by atoms with van der Waals surface area (Å²) in [4.78, 5) is 40.6. The van der Waals surface area contributed by atoms with Crippen LogP contribution < -0.4 is 16.0 Å². The second-order valence-corrected chi connectivity index (χ2v) is 9.33. The molecule has 10 nitrogen and oxygen atoms in total. The third-order valence-corrected chi connectivity index (χ3v) is 5.70. The van der Waals surface area contributed by atoms with Crippen LogP contribution >= 0.6 is 0 Å². The third-order valence-electron chi connectivity index (χ3n) is 5.70. The Kier molecular flexibility index (Phi) is 10.5. The van der Waals surface area contributed by atoms with Crippen molar-refractivity contribution in [1.29, 1.82) is 0 Å². The SMILES string of the molecule is C[C@@H](C(=O)NCCCC#Cc1cnc(Nc2cccc(F)n2)nc1NC1CC1)N(C)C(=O)C=CCN(C)C. The van der Waals surface area contributed by atoms with Gasteiger partial charge in [0.25, 0.3) is 0 Å². The monoisotopic (exact) mass is 522 g/mol. The van der Waals surface area contributed by atoms with E-state index < -0.39 is 12.0 Å². The lowest BCUT2D eigenvalue weighted by molar-refractivity contribution is -0.135. The quantitative estimate of drug-likeness (QED) is 0.169. The zero-order valence-corrected chi connectivity index (χ0v) is 22.3. The largest absolute Gasteiger partial charge is 0.366 e. The number of aromatic nitrogens is 3. The lowest BCUT2D eigenvalue weighted by atomic mass is 10.2. The third kappa shape index (κ3) is 9.44. The molecule has 3 N–H and O–H groups in total. The predicted octanol–water partition coefficient (Wildman–Crippen LogP) is 2.54. The summed E-state index contributed by atoms with van der Waals surface area (Å²) in [5.74, 6) is 6.41. The van der Waals surface area contributed by atoms with Gasteiger partial charge in [-0.1, -0.05) is 24.0 Å². The number of hydrogen-bond donors (Lipinski definition) is 3. The van der Waals surface area contributed by atoms with Gasteiger partial charge in [-0.2, -0.15) is 9.37 Å². The van der Waals surface area contributed by atoms with Gasteiger partial charge in [0, 0.05) is 38.7 Å². The first-order valence-electron chi connectivity index (χ1n) is 12.6. The van der Waals surface area contributed by atoms with Crippen LogP contribution in [-0.4, -0.2) is 82.9 Å². The zero-order chi connectivity index (χ0) is 27.5. The lowest BCUT2D eigenvalue weighted by Crippen LogP contribution is -2.45. The molecule has 0 spiro atoms. The van der Waals surface area contributed by atoms with Crippen LogP contribution in [0, 0.1) is 17.8 Å². The highest BCUT2D eigenvalue weighted by Crippen LogP contribution is 2.26. The molecular formula is C27H35FN8O2. The highest BCUT2D eigenvalue weighted by Gasteiger charge is 2.23. The lowest BCUT2D eigenvalue weighted by Gasteiger charge is -2.23. The Bertz CT molecular complexity index is 1200. The Morgan fingerprint density at radius 2 is 2.03 bits per heavy atom. The summed E-state index contributed by atoms with van der Waals surface area (Å²) in [6.07, 6.45) is 8.22. The molecule has 0 bridgehead atoms. The molecule has 38 heavy (non-hydrogen) atoms. The van der Waals surface area contributed by atoms with Crippen molar-refractivity contribution >= 4 is 29.4 Å². The molecule has 202 valence electrons. The van der Waals surface area contributed by atoms with E-state index in [0.29, 0.717) is 55.1 Å². The minimum absolute atomic E-state index is 0.213. The van der Waals surface area contributed by atoms with Gasteiger partial charge in [0.2, 0.25) is 23.7 Å². The van der Waals surface area contributed by atoms with Crippen molar-refractivity contribution in [2.45, 2.75) is 44.7 Å². The van der Waals surface area contributed by atoms with Crippen LogP contribution in [0.3, 0.4) is 0 Å². The fraction of sp³-hybridized carbons (Fsp3) is 0.444. The molecule has 1 atom stereocenters. The van der Waals surface area contributed by atoms with Gasteiger partial charge in [-0.3, -0.25) is 9.59 Å². The molecule has 0 unspecified atom stereocenters. The number of carbonyl (C=O) groups is 2. The zero-order valence-electron chi connectivity index (χ0n) is 22.3. The maximum Gasteiger partial charge on any atom is 0.246 e. The molecule has 0 saturated heterocycles. The van der Waals surface area contributed by atoms with Gasteiger partial charge in [-0.05, 0) is 52.4 Å². The van der Waals surface area contributed by atoms with Gasteiger partial charge in [0.1, 0.15) is 17.7 Å². The molecule has 3 rings (SSSR count). The molecule has 0 aromatic carbocycles. The van der Waals surface area contributed by atoms with E-state index in [0.717, 1.165) is 12.8 Å². The van der Waals surface area contributed by atoms with E-state index >= 15 is 0 Å². The predicted molar refractivity (Wildman–Crippen MR) is 145 cm³/mol. The molecule has 2 amide bonds. The van der Waals surface area contributed by atoms with Crippen molar-refractivity contribution in [2.24, 2.45) is 0 Å². The molecule has 2 aromatic rings. The van der Waals surface area contributed by atoms with Gasteiger partial charge in [-0.15, -0.1) is 0 Å². The average molecular weight is 523 g/mol. The second kappa shape index (κ2) is 14.0. The molecule has 2 aromatic heterocycles. The number of likely N-dealkylation sites (N-methyl/N-ethyl adjacent to an activating group) is 2. The molecule has 1 saturated carbocycles. The van der Waals surface area contributed by atoms with Crippen molar-refractivity contribution < 1.29 is 14.0 Å². The summed E-state index contributed by atoms with van der Waals surface area (Å²) < 4.78 is 13.4. The van der Waals surface area contributed by atoms with E-state index in [-0.39, 0.29) is 11.8 Å². The van der Waals surface area contributed by atoms with Crippen LogP contribution in [0.25, 0.3) is 0 Å². The minimum Gasteiger partial charge on any atom is -0.366 e. The van der Waals surface area contributed by atoms with Crippen LogP contribution in [0.1, 0.15) is 38.2 Å². The number of carbonyl (C=O) groups excluding carboxylic acids is 2. The molecule has 1 aliphatic carbocycles. The van der Waals surface area contributed by atoms with Gasteiger partial charge in [0.05, 0.1) is 11.8 Å².